The number of carbonyl (C=O) groups is 2. The molecule has 6 unspecified atom stereocenters. The highest BCUT2D eigenvalue weighted by Gasteiger charge is 2.86. The summed E-state index contributed by atoms with van der Waals surface area (Å²) in [6.45, 7) is 13.1. The van der Waals surface area contributed by atoms with Crippen LogP contribution in [0.2, 0.25) is 0 Å². The van der Waals surface area contributed by atoms with Crippen LogP contribution < -0.4 is 0 Å². The first-order valence-corrected chi connectivity index (χ1v) is 15.3. The fourth-order valence-corrected chi connectivity index (χ4v) is 10.6. The largest absolute Gasteiger partial charge is 0.481 e. The molecule has 0 radical (unpaired) electrons. The van der Waals surface area contributed by atoms with Gasteiger partial charge in [-0.05, 0) is 68.7 Å². The third kappa shape index (κ3) is 3.47. The van der Waals surface area contributed by atoms with E-state index in [1.165, 1.54) is 0 Å². The van der Waals surface area contributed by atoms with Gasteiger partial charge in [-0.1, -0.05) is 38.8 Å². The number of fused-ring (bicyclic) bond motifs is 2. The van der Waals surface area contributed by atoms with Crippen LogP contribution in [0.5, 0.6) is 0 Å². The van der Waals surface area contributed by atoms with Crippen molar-refractivity contribution in [3.63, 3.8) is 0 Å². The van der Waals surface area contributed by atoms with Crippen LogP contribution in [0.3, 0.4) is 0 Å². The first kappa shape index (κ1) is 26.9. The minimum absolute atomic E-state index is 0.106. The molecule has 2 aliphatic heterocycles. The van der Waals surface area contributed by atoms with Crippen molar-refractivity contribution < 1.29 is 24.2 Å². The Kier molecular flexibility index (Phi) is 6.85. The molecule has 2 saturated heterocycles. The quantitative estimate of drug-likeness (QED) is 0.361. The van der Waals surface area contributed by atoms with Gasteiger partial charge >= 0.3 is 5.97 Å². The van der Waals surface area contributed by atoms with Crippen molar-refractivity contribution in [3.8, 4) is 0 Å². The highest BCUT2D eigenvalue weighted by molar-refractivity contribution is 5.90. The zero-order valence-corrected chi connectivity index (χ0v) is 23.9. The molecule has 0 spiro atoms. The number of carboxylic acid groups (broad SMARTS) is 1. The SMILES string of the molecule is CC(C)C1=CC2CC3(C=O)[C@@H]4CC[C@@H](C)[C@H]4CC2(C2CCC(CN(C)CCN4CCOCC4)O2)C13C(=O)O. The van der Waals surface area contributed by atoms with E-state index in [1.54, 1.807) is 0 Å². The van der Waals surface area contributed by atoms with Gasteiger partial charge in [0.25, 0.3) is 0 Å². The molecule has 7 nitrogen and oxygen atoms in total. The van der Waals surface area contributed by atoms with Crippen molar-refractivity contribution in [2.75, 3.05) is 53.0 Å². The van der Waals surface area contributed by atoms with Gasteiger partial charge in [0.05, 0.1) is 30.8 Å². The summed E-state index contributed by atoms with van der Waals surface area (Å²) in [4.78, 5) is 31.8. The second-order valence-corrected chi connectivity index (χ2v) is 13.9. The summed E-state index contributed by atoms with van der Waals surface area (Å²) in [5.41, 5.74) is -1.43. The standard InChI is InChI=1S/C31H48N2O5/c1-20(2)26-15-22-16-29(19-34)25-7-5-21(3)24(25)17-30(22,31(26,29)28(35)36)27-8-6-23(38-27)18-32(4)9-10-33-11-13-37-14-12-33/h15,19-25,27H,5-14,16-18H2,1-4H3,(H,35,36)/t21-,22?,23?,24-,25-,27?,29?,30?,31?/m1/s1. The second-order valence-electron chi connectivity index (χ2n) is 13.9. The molecule has 4 aliphatic carbocycles. The van der Waals surface area contributed by atoms with Crippen LogP contribution in [0.25, 0.3) is 0 Å². The molecule has 0 aromatic rings. The third-order valence-electron chi connectivity index (χ3n) is 12.1. The number of carboxylic acids is 1. The molecule has 212 valence electrons. The fourth-order valence-electron chi connectivity index (χ4n) is 10.6. The molecule has 0 aromatic carbocycles. The van der Waals surface area contributed by atoms with Crippen LogP contribution in [-0.4, -0.2) is 92.4 Å². The maximum atomic E-state index is 13.7. The molecule has 6 aliphatic rings. The number of aliphatic carboxylic acids is 1. The maximum Gasteiger partial charge on any atom is 0.315 e. The van der Waals surface area contributed by atoms with E-state index in [-0.39, 0.29) is 30.0 Å². The topological polar surface area (TPSA) is 79.3 Å². The van der Waals surface area contributed by atoms with E-state index in [4.69, 9.17) is 9.47 Å². The van der Waals surface area contributed by atoms with Gasteiger partial charge < -0.3 is 24.3 Å². The Morgan fingerprint density at radius 1 is 1.21 bits per heavy atom. The van der Waals surface area contributed by atoms with Gasteiger partial charge in [0.2, 0.25) is 0 Å². The lowest BCUT2D eigenvalue weighted by Gasteiger charge is -2.60. The predicted molar refractivity (Wildman–Crippen MR) is 145 cm³/mol. The molecule has 3 saturated carbocycles. The maximum absolute atomic E-state index is 13.7. The Bertz CT molecular complexity index is 977. The molecule has 5 fully saturated rings. The van der Waals surface area contributed by atoms with Crippen LogP contribution in [0, 0.1) is 45.8 Å². The van der Waals surface area contributed by atoms with Gasteiger partial charge in [0, 0.05) is 38.1 Å². The van der Waals surface area contributed by atoms with Gasteiger partial charge in [-0.25, -0.2) is 0 Å². The molecule has 9 atom stereocenters. The molecular formula is C31H48N2O5. The number of carbonyl (C=O) groups excluding carboxylic acids is 1. The lowest BCUT2D eigenvalue weighted by molar-refractivity contribution is -0.197. The minimum atomic E-state index is -1.13. The third-order valence-corrected chi connectivity index (χ3v) is 12.1. The zero-order valence-electron chi connectivity index (χ0n) is 23.9. The monoisotopic (exact) mass is 528 g/mol. The Hall–Kier alpha value is -1.28. The van der Waals surface area contributed by atoms with Crippen LogP contribution in [0.4, 0.5) is 0 Å². The van der Waals surface area contributed by atoms with E-state index in [2.05, 4.69) is 43.7 Å². The summed E-state index contributed by atoms with van der Waals surface area (Å²) in [6, 6.07) is 0. The number of morpholine rings is 1. The Morgan fingerprint density at radius 2 is 1.97 bits per heavy atom. The van der Waals surface area contributed by atoms with Crippen LogP contribution in [0.15, 0.2) is 11.6 Å². The van der Waals surface area contributed by atoms with E-state index in [1.807, 2.05) is 0 Å². The fraction of sp³-hybridized carbons (Fsp3) is 0.871. The first-order chi connectivity index (χ1) is 18.2. The van der Waals surface area contributed by atoms with Gasteiger partial charge in [0.15, 0.2) is 0 Å². The van der Waals surface area contributed by atoms with Crippen LogP contribution in [0.1, 0.15) is 59.3 Å². The number of hydrogen-bond donors (Lipinski definition) is 1. The summed E-state index contributed by atoms with van der Waals surface area (Å²) in [6.07, 6.45) is 8.97. The molecule has 38 heavy (non-hydrogen) atoms. The number of likely N-dealkylation sites (N-methyl/N-ethyl adjacent to an activating group) is 1. The van der Waals surface area contributed by atoms with E-state index < -0.39 is 22.2 Å². The number of nitrogens with zero attached hydrogens (tertiary/aromatic N) is 2. The molecule has 0 amide bonds. The predicted octanol–water partition coefficient (Wildman–Crippen LogP) is 3.72. The lowest BCUT2D eigenvalue weighted by Crippen LogP contribution is -2.65. The van der Waals surface area contributed by atoms with Gasteiger partial charge in [-0.2, -0.15) is 0 Å². The van der Waals surface area contributed by atoms with Crippen LogP contribution >= 0.6 is 0 Å². The van der Waals surface area contributed by atoms with Crippen molar-refractivity contribution in [3.05, 3.63) is 11.6 Å². The second kappa shape index (κ2) is 9.67. The first-order valence-electron chi connectivity index (χ1n) is 15.3. The molecule has 6 rings (SSSR count). The lowest BCUT2D eigenvalue weighted by atomic mass is 9.41. The average Bonchev–Trinajstić information content (AvgIpc) is 3.63. The smallest absolute Gasteiger partial charge is 0.315 e. The van der Waals surface area contributed by atoms with Crippen molar-refractivity contribution in [1.29, 1.82) is 0 Å². The van der Waals surface area contributed by atoms with E-state index >= 15 is 0 Å². The Balaban J connectivity index is 1.28. The highest BCUT2D eigenvalue weighted by atomic mass is 16.5. The van der Waals surface area contributed by atoms with Gasteiger partial charge in [0.1, 0.15) is 11.7 Å². The van der Waals surface area contributed by atoms with Crippen molar-refractivity contribution in [2.45, 2.75) is 71.5 Å². The molecule has 7 heteroatoms. The molecule has 4 bridgehead atoms. The summed E-state index contributed by atoms with van der Waals surface area (Å²) >= 11 is 0. The Labute approximate surface area is 228 Å². The normalized spacial score (nSPS) is 46.1. The number of ether oxygens (including phenoxy) is 2. The van der Waals surface area contributed by atoms with Crippen molar-refractivity contribution in [1.82, 2.24) is 9.80 Å². The minimum Gasteiger partial charge on any atom is -0.481 e. The van der Waals surface area contributed by atoms with Crippen LogP contribution in [-0.2, 0) is 19.1 Å². The van der Waals surface area contributed by atoms with E-state index in [0.717, 1.165) is 89.9 Å². The molecular weight excluding hydrogens is 480 g/mol. The zero-order chi connectivity index (χ0) is 26.9. The summed E-state index contributed by atoms with van der Waals surface area (Å²) in [5.74, 6) is 0.577. The summed E-state index contributed by atoms with van der Waals surface area (Å²) < 4.78 is 12.4. The summed E-state index contributed by atoms with van der Waals surface area (Å²) in [5, 5.41) is 11.3. The molecule has 1 N–H and O–H groups in total. The number of allylic oxidation sites excluding steroid dienone is 1. The average molecular weight is 529 g/mol. The van der Waals surface area contributed by atoms with Gasteiger partial charge in [-0.3, -0.25) is 9.69 Å². The highest BCUT2D eigenvalue weighted by Crippen LogP contribution is 2.84. The number of hydrogen-bond acceptors (Lipinski definition) is 6. The molecule has 0 aromatic heterocycles. The summed E-state index contributed by atoms with van der Waals surface area (Å²) in [7, 11) is 2.18. The van der Waals surface area contributed by atoms with E-state index in [9.17, 15) is 14.7 Å². The molecule has 2 heterocycles. The van der Waals surface area contributed by atoms with Crippen molar-refractivity contribution >= 4 is 12.3 Å². The van der Waals surface area contributed by atoms with E-state index in [0.29, 0.717) is 18.3 Å². The Morgan fingerprint density at radius 3 is 2.66 bits per heavy atom. The number of aldehydes is 1. The number of rotatable bonds is 9. The van der Waals surface area contributed by atoms with Gasteiger partial charge in [-0.15, -0.1) is 0 Å². The van der Waals surface area contributed by atoms with Crippen molar-refractivity contribution in [2.24, 2.45) is 45.8 Å².